The summed E-state index contributed by atoms with van der Waals surface area (Å²) >= 11 is 4.95. The molecule has 1 aliphatic rings. The van der Waals surface area contributed by atoms with E-state index in [4.69, 9.17) is 0 Å². The molecule has 0 bridgehead atoms. The molecule has 0 fully saturated rings. The molecule has 0 atom stereocenters. The maximum absolute atomic E-state index is 12.0. The molecular formula is C13H11BrN2OS. The van der Waals surface area contributed by atoms with E-state index in [-0.39, 0.29) is 5.91 Å². The molecule has 1 amide bonds. The summed E-state index contributed by atoms with van der Waals surface area (Å²) in [6, 6.07) is 7.30. The molecule has 5 heteroatoms. The Morgan fingerprint density at radius 3 is 2.78 bits per heavy atom. The average molecular weight is 323 g/mol. The molecule has 0 saturated heterocycles. The van der Waals surface area contributed by atoms with Crippen molar-refractivity contribution in [3.63, 3.8) is 0 Å². The van der Waals surface area contributed by atoms with Gasteiger partial charge in [-0.2, -0.15) is 0 Å². The van der Waals surface area contributed by atoms with E-state index in [1.54, 1.807) is 23.5 Å². The van der Waals surface area contributed by atoms with Crippen molar-refractivity contribution in [2.45, 2.75) is 19.3 Å². The number of rotatable bonds is 2. The van der Waals surface area contributed by atoms with E-state index in [0.29, 0.717) is 10.7 Å². The molecule has 92 valence electrons. The van der Waals surface area contributed by atoms with Crippen molar-refractivity contribution < 1.29 is 4.79 Å². The summed E-state index contributed by atoms with van der Waals surface area (Å²) in [5.74, 6) is -0.102. The van der Waals surface area contributed by atoms with Gasteiger partial charge in [0.25, 0.3) is 5.91 Å². The third kappa shape index (κ3) is 2.33. The molecule has 18 heavy (non-hydrogen) atoms. The van der Waals surface area contributed by atoms with E-state index < -0.39 is 0 Å². The van der Waals surface area contributed by atoms with Crippen LogP contribution in [0.4, 0.5) is 5.13 Å². The number of hydrogen-bond donors (Lipinski definition) is 1. The van der Waals surface area contributed by atoms with Crippen LogP contribution in [0.25, 0.3) is 0 Å². The zero-order valence-electron chi connectivity index (χ0n) is 9.57. The standard InChI is InChI=1S/C13H11BrN2OS/c14-9-6-4-8(5-7-9)12(17)16-13-15-10-2-1-3-11(10)18-13/h4-7H,1-3H2,(H,15,16,17). The Kier molecular flexibility index (Phi) is 3.18. The molecule has 2 aromatic rings. The minimum atomic E-state index is -0.102. The molecule has 3 nitrogen and oxygen atoms in total. The van der Waals surface area contributed by atoms with Crippen LogP contribution in [0.15, 0.2) is 28.7 Å². The fourth-order valence-corrected chi connectivity index (χ4v) is 3.32. The van der Waals surface area contributed by atoms with Crippen molar-refractivity contribution in [3.8, 4) is 0 Å². The van der Waals surface area contributed by atoms with E-state index in [0.717, 1.165) is 23.0 Å². The van der Waals surface area contributed by atoms with Crippen LogP contribution in [-0.2, 0) is 12.8 Å². The summed E-state index contributed by atoms with van der Waals surface area (Å²) in [5, 5.41) is 3.58. The van der Waals surface area contributed by atoms with Crippen LogP contribution < -0.4 is 5.32 Å². The van der Waals surface area contributed by atoms with Gasteiger partial charge in [-0.05, 0) is 43.5 Å². The van der Waals surface area contributed by atoms with Gasteiger partial charge in [-0.15, -0.1) is 11.3 Å². The number of nitrogens with one attached hydrogen (secondary N) is 1. The minimum Gasteiger partial charge on any atom is -0.298 e. The Morgan fingerprint density at radius 1 is 1.28 bits per heavy atom. The lowest BCUT2D eigenvalue weighted by Crippen LogP contribution is -2.11. The number of nitrogens with zero attached hydrogens (tertiary/aromatic N) is 1. The number of halogens is 1. The molecule has 0 unspecified atom stereocenters. The van der Waals surface area contributed by atoms with Gasteiger partial charge < -0.3 is 0 Å². The highest BCUT2D eigenvalue weighted by Crippen LogP contribution is 2.30. The number of benzene rings is 1. The summed E-state index contributed by atoms with van der Waals surface area (Å²) in [6.07, 6.45) is 3.33. The second-order valence-electron chi connectivity index (χ2n) is 4.20. The molecular weight excluding hydrogens is 312 g/mol. The number of carbonyl (C=O) groups is 1. The molecule has 0 aliphatic heterocycles. The summed E-state index contributed by atoms with van der Waals surface area (Å²) in [7, 11) is 0. The molecule has 0 spiro atoms. The zero-order chi connectivity index (χ0) is 12.5. The first-order valence-electron chi connectivity index (χ1n) is 5.78. The average Bonchev–Trinajstić information content (AvgIpc) is 2.90. The molecule has 1 heterocycles. The lowest BCUT2D eigenvalue weighted by molar-refractivity contribution is 0.102. The van der Waals surface area contributed by atoms with E-state index in [1.807, 2.05) is 12.1 Å². The van der Waals surface area contributed by atoms with Crippen molar-refractivity contribution in [1.82, 2.24) is 4.98 Å². The number of fused-ring (bicyclic) bond motifs is 1. The third-order valence-corrected chi connectivity index (χ3v) is 4.52. The highest BCUT2D eigenvalue weighted by molar-refractivity contribution is 9.10. The van der Waals surface area contributed by atoms with Crippen molar-refractivity contribution in [3.05, 3.63) is 44.9 Å². The number of amides is 1. The van der Waals surface area contributed by atoms with Crippen molar-refractivity contribution >= 4 is 38.3 Å². The molecule has 3 rings (SSSR count). The van der Waals surface area contributed by atoms with Crippen molar-refractivity contribution in [2.24, 2.45) is 0 Å². The van der Waals surface area contributed by atoms with E-state index in [9.17, 15) is 4.79 Å². The Labute approximate surface area is 117 Å². The fourth-order valence-electron chi connectivity index (χ4n) is 2.01. The molecule has 1 aromatic carbocycles. The predicted octanol–water partition coefficient (Wildman–Crippen LogP) is 3.65. The van der Waals surface area contributed by atoms with Crippen LogP contribution in [0, 0.1) is 0 Å². The number of aromatic nitrogens is 1. The topological polar surface area (TPSA) is 42.0 Å². The van der Waals surface area contributed by atoms with Crippen LogP contribution in [0.3, 0.4) is 0 Å². The van der Waals surface area contributed by atoms with Gasteiger partial charge in [-0.1, -0.05) is 15.9 Å². The summed E-state index contributed by atoms with van der Waals surface area (Å²) in [6.45, 7) is 0. The maximum Gasteiger partial charge on any atom is 0.257 e. The number of aryl methyl sites for hydroxylation is 2. The Hall–Kier alpha value is -1.20. The first-order chi connectivity index (χ1) is 8.72. The number of hydrogen-bond acceptors (Lipinski definition) is 3. The first-order valence-corrected chi connectivity index (χ1v) is 7.39. The van der Waals surface area contributed by atoms with Crippen LogP contribution in [0.1, 0.15) is 27.3 Å². The largest absolute Gasteiger partial charge is 0.298 e. The predicted molar refractivity (Wildman–Crippen MR) is 76.2 cm³/mol. The summed E-state index contributed by atoms with van der Waals surface area (Å²) in [5.41, 5.74) is 1.81. The highest BCUT2D eigenvalue weighted by Gasteiger charge is 2.18. The maximum atomic E-state index is 12.0. The van der Waals surface area contributed by atoms with Gasteiger partial charge in [0.2, 0.25) is 0 Å². The van der Waals surface area contributed by atoms with Gasteiger partial charge in [0, 0.05) is 14.9 Å². The van der Waals surface area contributed by atoms with Crippen molar-refractivity contribution in [1.29, 1.82) is 0 Å². The summed E-state index contributed by atoms with van der Waals surface area (Å²) in [4.78, 5) is 17.8. The number of anilines is 1. The lowest BCUT2D eigenvalue weighted by Gasteiger charge is -2.01. The lowest BCUT2D eigenvalue weighted by atomic mass is 10.2. The molecule has 1 N–H and O–H groups in total. The van der Waals surface area contributed by atoms with Gasteiger partial charge in [0.05, 0.1) is 5.69 Å². The molecule has 1 aromatic heterocycles. The minimum absolute atomic E-state index is 0.102. The van der Waals surface area contributed by atoms with E-state index >= 15 is 0 Å². The highest BCUT2D eigenvalue weighted by atomic mass is 79.9. The normalized spacial score (nSPS) is 13.4. The molecule has 1 aliphatic carbocycles. The van der Waals surface area contributed by atoms with Gasteiger partial charge in [0.1, 0.15) is 0 Å². The first kappa shape index (κ1) is 11.9. The number of carbonyl (C=O) groups excluding carboxylic acids is 1. The van der Waals surface area contributed by atoms with Crippen LogP contribution in [0.2, 0.25) is 0 Å². The second-order valence-corrected chi connectivity index (χ2v) is 6.20. The van der Waals surface area contributed by atoms with Gasteiger partial charge in [-0.3, -0.25) is 10.1 Å². The second kappa shape index (κ2) is 4.82. The van der Waals surface area contributed by atoms with Crippen molar-refractivity contribution in [2.75, 3.05) is 5.32 Å². The summed E-state index contributed by atoms with van der Waals surface area (Å²) < 4.78 is 0.965. The van der Waals surface area contributed by atoms with E-state index in [2.05, 4.69) is 26.2 Å². The SMILES string of the molecule is O=C(Nc1nc2c(s1)CCC2)c1ccc(Br)cc1. The van der Waals surface area contributed by atoms with Gasteiger partial charge in [0.15, 0.2) is 5.13 Å². The van der Waals surface area contributed by atoms with E-state index in [1.165, 1.54) is 11.3 Å². The third-order valence-electron chi connectivity index (χ3n) is 2.92. The fraction of sp³-hybridized carbons (Fsp3) is 0.231. The van der Waals surface area contributed by atoms with Crippen LogP contribution in [-0.4, -0.2) is 10.9 Å². The quantitative estimate of drug-likeness (QED) is 0.917. The molecule has 0 saturated carbocycles. The Morgan fingerprint density at radius 2 is 2.06 bits per heavy atom. The Bertz CT molecular complexity index is 570. The molecule has 0 radical (unpaired) electrons. The zero-order valence-corrected chi connectivity index (χ0v) is 12.0. The monoisotopic (exact) mass is 322 g/mol. The van der Waals surface area contributed by atoms with Gasteiger partial charge in [-0.25, -0.2) is 4.98 Å². The van der Waals surface area contributed by atoms with Crippen LogP contribution >= 0.6 is 27.3 Å². The Balaban J connectivity index is 1.75. The number of thiazole rings is 1. The van der Waals surface area contributed by atoms with Crippen LogP contribution in [0.5, 0.6) is 0 Å². The smallest absolute Gasteiger partial charge is 0.257 e. The van der Waals surface area contributed by atoms with Gasteiger partial charge >= 0.3 is 0 Å².